The zero-order valence-corrected chi connectivity index (χ0v) is 16.9. The molecule has 1 atom stereocenters. The molecule has 0 aromatic carbocycles. The fraction of sp³-hybridized carbons (Fsp3) is 0.556. The van der Waals surface area contributed by atoms with Gasteiger partial charge < -0.3 is 19.9 Å². The highest BCUT2D eigenvalue weighted by Gasteiger charge is 2.34. The van der Waals surface area contributed by atoms with Gasteiger partial charge in [-0.15, -0.1) is 11.3 Å². The molecular formula is C18H25N5O3S. The number of imidazole rings is 1. The Kier molecular flexibility index (Phi) is 5.61. The van der Waals surface area contributed by atoms with Crippen molar-refractivity contribution >= 4 is 23.2 Å². The molecule has 2 aromatic heterocycles. The maximum absolute atomic E-state index is 13.1. The molecule has 1 aliphatic heterocycles. The van der Waals surface area contributed by atoms with Crippen LogP contribution < -0.4 is 10.6 Å². The van der Waals surface area contributed by atoms with Gasteiger partial charge in [-0.1, -0.05) is 20.8 Å². The average Bonchev–Trinajstić information content (AvgIpc) is 3.20. The monoisotopic (exact) mass is 391 g/mol. The molecule has 2 amide bonds. The lowest BCUT2D eigenvalue weighted by atomic mass is 9.86. The highest BCUT2D eigenvalue weighted by atomic mass is 32.1. The van der Waals surface area contributed by atoms with Crippen molar-refractivity contribution in [3.63, 3.8) is 0 Å². The largest absolute Gasteiger partial charge is 0.379 e. The van der Waals surface area contributed by atoms with E-state index in [1.54, 1.807) is 13.2 Å². The third-order valence-corrected chi connectivity index (χ3v) is 5.27. The number of carbonyl (C=O) groups excluding carboxylic acids is 2. The predicted molar refractivity (Wildman–Crippen MR) is 103 cm³/mol. The molecule has 0 saturated carbocycles. The van der Waals surface area contributed by atoms with Gasteiger partial charge in [0.15, 0.2) is 10.8 Å². The van der Waals surface area contributed by atoms with E-state index in [4.69, 9.17) is 4.74 Å². The van der Waals surface area contributed by atoms with E-state index in [2.05, 4.69) is 20.6 Å². The van der Waals surface area contributed by atoms with Crippen LogP contribution in [0.1, 0.15) is 37.0 Å². The van der Waals surface area contributed by atoms with E-state index in [9.17, 15) is 9.59 Å². The zero-order chi connectivity index (χ0) is 19.6. The first-order chi connectivity index (χ1) is 12.8. The fourth-order valence-electron chi connectivity index (χ4n) is 3.11. The number of nitrogens with one attached hydrogen (secondary N) is 2. The van der Waals surface area contributed by atoms with Gasteiger partial charge in [0, 0.05) is 31.6 Å². The number of carbonyl (C=O) groups is 2. The number of rotatable bonds is 4. The van der Waals surface area contributed by atoms with Crippen LogP contribution in [0, 0.1) is 5.41 Å². The Balaban J connectivity index is 1.98. The molecule has 9 heteroatoms. The van der Waals surface area contributed by atoms with Crippen molar-refractivity contribution in [1.29, 1.82) is 0 Å². The first kappa shape index (κ1) is 19.5. The summed E-state index contributed by atoms with van der Waals surface area (Å²) in [5.41, 5.74) is 0.719. The zero-order valence-electron chi connectivity index (χ0n) is 16.0. The van der Waals surface area contributed by atoms with Crippen molar-refractivity contribution in [2.24, 2.45) is 5.41 Å². The lowest BCUT2D eigenvalue weighted by Gasteiger charge is -2.29. The van der Waals surface area contributed by atoms with Crippen LogP contribution in [0.5, 0.6) is 0 Å². The first-order valence-electron chi connectivity index (χ1n) is 8.92. The van der Waals surface area contributed by atoms with Crippen LogP contribution >= 0.6 is 11.3 Å². The van der Waals surface area contributed by atoms with Crippen molar-refractivity contribution in [2.45, 2.75) is 39.8 Å². The Labute approximate surface area is 162 Å². The fourth-order valence-corrected chi connectivity index (χ4v) is 3.74. The summed E-state index contributed by atoms with van der Waals surface area (Å²) in [5, 5.41) is 8.13. The summed E-state index contributed by atoms with van der Waals surface area (Å²) in [5.74, 6) is 0.0829. The number of hydrogen-bond donors (Lipinski definition) is 2. The lowest BCUT2D eigenvalue weighted by molar-refractivity contribution is -0.124. The number of fused-ring (bicyclic) bond motifs is 1. The maximum Gasteiger partial charge on any atom is 0.272 e. The van der Waals surface area contributed by atoms with Gasteiger partial charge >= 0.3 is 0 Å². The lowest BCUT2D eigenvalue weighted by Crippen LogP contribution is -2.53. The van der Waals surface area contributed by atoms with Gasteiger partial charge in [-0.3, -0.25) is 9.59 Å². The quantitative estimate of drug-likeness (QED) is 0.822. The summed E-state index contributed by atoms with van der Waals surface area (Å²) in [4.78, 5) is 34.3. The van der Waals surface area contributed by atoms with Crippen LogP contribution in [-0.4, -0.2) is 52.7 Å². The molecule has 0 aliphatic carbocycles. The molecule has 0 bridgehead atoms. The summed E-state index contributed by atoms with van der Waals surface area (Å²) >= 11 is 1.48. The second-order valence-electron chi connectivity index (χ2n) is 7.47. The molecule has 0 unspecified atom stereocenters. The summed E-state index contributed by atoms with van der Waals surface area (Å²) in [7, 11) is 1.56. The van der Waals surface area contributed by atoms with Gasteiger partial charge in [0.05, 0.1) is 18.9 Å². The first-order valence-corrected chi connectivity index (χ1v) is 9.80. The van der Waals surface area contributed by atoms with Crippen LogP contribution in [0.4, 0.5) is 0 Å². The maximum atomic E-state index is 13.1. The van der Waals surface area contributed by atoms with Crippen molar-refractivity contribution in [3.05, 3.63) is 23.0 Å². The van der Waals surface area contributed by atoms with Gasteiger partial charge in [0.2, 0.25) is 5.91 Å². The molecule has 0 fully saturated rings. The minimum atomic E-state index is -0.669. The van der Waals surface area contributed by atoms with Gasteiger partial charge in [-0.25, -0.2) is 9.97 Å². The molecule has 27 heavy (non-hydrogen) atoms. The molecule has 0 radical (unpaired) electrons. The van der Waals surface area contributed by atoms with Gasteiger partial charge in [0.1, 0.15) is 11.7 Å². The Morgan fingerprint density at radius 3 is 2.74 bits per heavy atom. The molecule has 1 aliphatic rings. The van der Waals surface area contributed by atoms with Crippen LogP contribution in [0.3, 0.4) is 0 Å². The number of likely N-dealkylation sites (N-methyl/N-ethyl adjacent to an activating group) is 1. The topological polar surface area (TPSA) is 98.1 Å². The molecule has 2 aromatic rings. The second-order valence-corrected chi connectivity index (χ2v) is 8.36. The molecule has 2 N–H and O–H groups in total. The Morgan fingerprint density at radius 1 is 1.33 bits per heavy atom. The van der Waals surface area contributed by atoms with Crippen molar-refractivity contribution in [2.75, 3.05) is 20.3 Å². The number of hydrogen-bond acceptors (Lipinski definition) is 6. The summed E-state index contributed by atoms with van der Waals surface area (Å²) in [6, 6.07) is -0.669. The summed E-state index contributed by atoms with van der Waals surface area (Å²) in [6.07, 6.45) is 2.30. The normalized spacial score (nSPS) is 15.6. The van der Waals surface area contributed by atoms with E-state index in [0.29, 0.717) is 37.7 Å². The van der Waals surface area contributed by atoms with Crippen molar-refractivity contribution in [1.82, 2.24) is 25.2 Å². The highest BCUT2D eigenvalue weighted by molar-refractivity contribution is 7.13. The van der Waals surface area contributed by atoms with E-state index in [0.717, 1.165) is 10.7 Å². The molecule has 146 valence electrons. The van der Waals surface area contributed by atoms with E-state index in [-0.39, 0.29) is 11.8 Å². The number of thiazole rings is 1. The molecule has 3 heterocycles. The van der Waals surface area contributed by atoms with E-state index < -0.39 is 11.5 Å². The number of amides is 2. The van der Waals surface area contributed by atoms with Crippen molar-refractivity contribution < 1.29 is 14.3 Å². The summed E-state index contributed by atoms with van der Waals surface area (Å²) < 4.78 is 7.58. The minimum Gasteiger partial charge on any atom is -0.379 e. The molecule has 0 saturated heterocycles. The Bertz CT molecular complexity index is 823. The third-order valence-electron chi connectivity index (χ3n) is 4.50. The SMILES string of the molecule is CNC(=O)[C@@H](NC(=O)c1nc(-c2nccs2)n2c1CCOCC2)C(C)(C)C. The molecule has 8 nitrogen and oxygen atoms in total. The molecular weight excluding hydrogens is 366 g/mol. The van der Waals surface area contributed by atoms with E-state index in [1.807, 2.05) is 30.7 Å². The average molecular weight is 391 g/mol. The van der Waals surface area contributed by atoms with Crippen molar-refractivity contribution in [3.8, 4) is 10.8 Å². The third kappa shape index (κ3) is 4.03. The standard InChI is InChI=1S/C18H25N5O3S/c1-18(2,3)13(16(25)19-4)22-15(24)12-11-5-8-26-9-7-23(11)14(21-12)17-20-6-10-27-17/h6,10,13H,5,7-9H2,1-4H3,(H,19,25)(H,22,24)/t13-/m1/s1. The van der Waals surface area contributed by atoms with Gasteiger partial charge in [0.25, 0.3) is 5.91 Å². The Hall–Kier alpha value is -2.26. The van der Waals surface area contributed by atoms with Crippen LogP contribution in [-0.2, 0) is 22.5 Å². The van der Waals surface area contributed by atoms with E-state index >= 15 is 0 Å². The minimum absolute atomic E-state index is 0.232. The highest BCUT2D eigenvalue weighted by Crippen LogP contribution is 2.27. The predicted octanol–water partition coefficient (Wildman–Crippen LogP) is 1.47. The van der Waals surface area contributed by atoms with Crippen LogP contribution in [0.15, 0.2) is 11.6 Å². The number of ether oxygens (including phenoxy) is 1. The number of aromatic nitrogens is 3. The molecule has 3 rings (SSSR count). The number of nitrogens with zero attached hydrogens (tertiary/aromatic N) is 3. The molecule has 0 spiro atoms. The van der Waals surface area contributed by atoms with Gasteiger partial charge in [-0.2, -0.15) is 0 Å². The Morgan fingerprint density at radius 2 is 2.11 bits per heavy atom. The summed E-state index contributed by atoms with van der Waals surface area (Å²) in [6.45, 7) is 7.44. The second kappa shape index (κ2) is 7.77. The van der Waals surface area contributed by atoms with Crippen LogP contribution in [0.2, 0.25) is 0 Å². The van der Waals surface area contributed by atoms with Gasteiger partial charge in [-0.05, 0) is 5.41 Å². The van der Waals surface area contributed by atoms with E-state index in [1.165, 1.54) is 11.3 Å². The smallest absolute Gasteiger partial charge is 0.272 e. The van der Waals surface area contributed by atoms with Crippen LogP contribution in [0.25, 0.3) is 10.8 Å².